The lowest BCUT2D eigenvalue weighted by molar-refractivity contribution is 1.18. The summed E-state index contributed by atoms with van der Waals surface area (Å²) < 4.78 is 3.33. The van der Waals surface area contributed by atoms with Crippen LogP contribution in [0, 0.1) is 0 Å². The van der Waals surface area contributed by atoms with Gasteiger partial charge in [-0.05, 0) is 42.5 Å². The molecule has 0 spiro atoms. The molecular weight excluding hydrogens is 346 g/mol. The molecule has 0 N–H and O–H groups in total. The normalized spacial score (nSPS) is 11.3. The van der Waals surface area contributed by atoms with Crippen molar-refractivity contribution in [1.82, 2.24) is 4.57 Å². The molecule has 0 fully saturated rings. The summed E-state index contributed by atoms with van der Waals surface area (Å²) in [6.45, 7) is 0. The Morgan fingerprint density at radius 1 is 0.762 bits per heavy atom. The van der Waals surface area contributed by atoms with Gasteiger partial charge in [-0.25, -0.2) is 0 Å². The molecule has 0 bridgehead atoms. The van der Waals surface area contributed by atoms with Crippen molar-refractivity contribution in [3.05, 3.63) is 76.2 Å². The molecule has 1 aromatic heterocycles. The number of benzene rings is 3. The summed E-state index contributed by atoms with van der Waals surface area (Å²) in [6.07, 6.45) is 0. The lowest BCUT2D eigenvalue weighted by atomic mass is 10.1. The quantitative estimate of drug-likeness (QED) is 0.382. The lowest BCUT2D eigenvalue weighted by Gasteiger charge is -2.07. The summed E-state index contributed by atoms with van der Waals surface area (Å²) >= 11 is 9.78. The molecule has 0 radical (unpaired) electrons. The third-order valence-electron chi connectivity index (χ3n) is 3.70. The van der Waals surface area contributed by atoms with Crippen LogP contribution < -0.4 is 0 Å². The van der Waals surface area contributed by atoms with Crippen LogP contribution in [0.15, 0.2) is 71.2 Å². The van der Waals surface area contributed by atoms with E-state index in [9.17, 15) is 0 Å². The van der Waals surface area contributed by atoms with E-state index in [1.54, 1.807) is 0 Å². The molecule has 0 aliphatic rings. The van der Waals surface area contributed by atoms with Gasteiger partial charge in [-0.15, -0.1) is 0 Å². The first-order valence-electron chi connectivity index (χ1n) is 6.69. The third-order valence-corrected chi connectivity index (χ3v) is 4.43. The number of rotatable bonds is 1. The van der Waals surface area contributed by atoms with Crippen molar-refractivity contribution in [2.75, 3.05) is 0 Å². The Morgan fingerprint density at radius 3 is 2.38 bits per heavy atom. The minimum absolute atomic E-state index is 0.751. The van der Waals surface area contributed by atoms with E-state index in [1.807, 2.05) is 18.2 Å². The maximum Gasteiger partial charge on any atom is 0.0555 e. The van der Waals surface area contributed by atoms with Crippen LogP contribution in [0.5, 0.6) is 0 Å². The van der Waals surface area contributed by atoms with Gasteiger partial charge in [0.15, 0.2) is 0 Å². The van der Waals surface area contributed by atoms with E-state index < -0.39 is 0 Å². The minimum atomic E-state index is 0.751. The van der Waals surface area contributed by atoms with Gasteiger partial charge in [-0.2, -0.15) is 0 Å². The molecular formula is C18H11BrClN. The SMILES string of the molecule is Clc1ccc2c3cc(Br)ccc3n(-c3ccccc3)c2c1. The zero-order valence-electron chi connectivity index (χ0n) is 11.1. The van der Waals surface area contributed by atoms with Gasteiger partial charge in [0.05, 0.1) is 11.0 Å². The van der Waals surface area contributed by atoms with Gasteiger partial charge in [0, 0.05) is 26.0 Å². The maximum atomic E-state index is 6.21. The molecule has 0 unspecified atom stereocenters. The molecule has 0 saturated heterocycles. The topological polar surface area (TPSA) is 4.93 Å². The molecule has 4 rings (SSSR count). The molecule has 0 atom stereocenters. The highest BCUT2D eigenvalue weighted by atomic mass is 79.9. The van der Waals surface area contributed by atoms with Crippen LogP contribution in [0.25, 0.3) is 27.5 Å². The van der Waals surface area contributed by atoms with E-state index in [-0.39, 0.29) is 0 Å². The van der Waals surface area contributed by atoms with Crippen molar-refractivity contribution >= 4 is 49.3 Å². The minimum Gasteiger partial charge on any atom is -0.309 e. The fourth-order valence-electron chi connectivity index (χ4n) is 2.82. The van der Waals surface area contributed by atoms with Crippen molar-refractivity contribution in [3.8, 4) is 5.69 Å². The lowest BCUT2D eigenvalue weighted by Crippen LogP contribution is -1.92. The Labute approximate surface area is 135 Å². The first kappa shape index (κ1) is 12.9. The van der Waals surface area contributed by atoms with Gasteiger partial charge in [-0.1, -0.05) is 51.8 Å². The van der Waals surface area contributed by atoms with Gasteiger partial charge in [0.2, 0.25) is 0 Å². The molecule has 0 aliphatic heterocycles. The predicted octanol–water partition coefficient (Wildman–Crippen LogP) is 6.20. The van der Waals surface area contributed by atoms with E-state index in [0.29, 0.717) is 0 Å². The van der Waals surface area contributed by atoms with Crippen molar-refractivity contribution < 1.29 is 0 Å². The van der Waals surface area contributed by atoms with Crippen LogP contribution in [-0.4, -0.2) is 4.57 Å². The van der Waals surface area contributed by atoms with E-state index in [1.165, 1.54) is 16.3 Å². The van der Waals surface area contributed by atoms with Crippen molar-refractivity contribution in [2.45, 2.75) is 0 Å². The highest BCUT2D eigenvalue weighted by molar-refractivity contribution is 9.10. The predicted molar refractivity (Wildman–Crippen MR) is 93.5 cm³/mol. The van der Waals surface area contributed by atoms with Crippen molar-refractivity contribution in [2.24, 2.45) is 0 Å². The third kappa shape index (κ3) is 2.06. The standard InChI is InChI=1S/C18H11BrClN/c19-12-6-9-17-16(10-12)15-8-7-13(20)11-18(15)21(17)14-4-2-1-3-5-14/h1-11H. The highest BCUT2D eigenvalue weighted by Crippen LogP contribution is 2.34. The average Bonchev–Trinajstić information content (AvgIpc) is 2.81. The zero-order valence-corrected chi connectivity index (χ0v) is 13.4. The summed E-state index contributed by atoms with van der Waals surface area (Å²) in [7, 11) is 0. The van der Waals surface area contributed by atoms with Gasteiger partial charge in [-0.3, -0.25) is 0 Å². The second kappa shape index (κ2) is 4.90. The summed E-state index contributed by atoms with van der Waals surface area (Å²) in [6, 6.07) is 22.8. The first-order valence-corrected chi connectivity index (χ1v) is 7.86. The van der Waals surface area contributed by atoms with E-state index in [0.717, 1.165) is 20.7 Å². The number of fused-ring (bicyclic) bond motifs is 3. The summed E-state index contributed by atoms with van der Waals surface area (Å²) in [5, 5.41) is 3.18. The maximum absolute atomic E-state index is 6.21. The van der Waals surface area contributed by atoms with Crippen LogP contribution in [-0.2, 0) is 0 Å². The van der Waals surface area contributed by atoms with Crippen molar-refractivity contribution in [3.63, 3.8) is 0 Å². The van der Waals surface area contributed by atoms with Crippen LogP contribution in [0.3, 0.4) is 0 Å². The molecule has 1 nitrogen and oxygen atoms in total. The Morgan fingerprint density at radius 2 is 1.57 bits per heavy atom. The molecule has 0 saturated carbocycles. The summed E-state index contributed by atoms with van der Waals surface area (Å²) in [5.74, 6) is 0. The molecule has 102 valence electrons. The summed E-state index contributed by atoms with van der Waals surface area (Å²) in [4.78, 5) is 0. The molecule has 0 amide bonds. The summed E-state index contributed by atoms with van der Waals surface area (Å²) in [5.41, 5.74) is 3.45. The molecule has 3 heteroatoms. The van der Waals surface area contributed by atoms with Crippen LogP contribution in [0.4, 0.5) is 0 Å². The Balaban J connectivity index is 2.23. The fraction of sp³-hybridized carbons (Fsp3) is 0. The smallest absolute Gasteiger partial charge is 0.0555 e. The molecule has 4 aromatic rings. The van der Waals surface area contributed by atoms with E-state index >= 15 is 0 Å². The number of para-hydroxylation sites is 1. The monoisotopic (exact) mass is 355 g/mol. The van der Waals surface area contributed by atoms with E-state index in [2.05, 4.69) is 69.0 Å². The number of halogens is 2. The van der Waals surface area contributed by atoms with Gasteiger partial charge >= 0.3 is 0 Å². The molecule has 1 heterocycles. The Hall–Kier alpha value is -1.77. The first-order chi connectivity index (χ1) is 10.2. The van der Waals surface area contributed by atoms with E-state index in [4.69, 9.17) is 11.6 Å². The molecule has 0 aliphatic carbocycles. The Bertz CT molecular complexity index is 957. The van der Waals surface area contributed by atoms with Crippen LogP contribution in [0.1, 0.15) is 0 Å². The largest absolute Gasteiger partial charge is 0.309 e. The number of aromatic nitrogens is 1. The van der Waals surface area contributed by atoms with Gasteiger partial charge < -0.3 is 4.57 Å². The zero-order chi connectivity index (χ0) is 14.4. The van der Waals surface area contributed by atoms with Gasteiger partial charge in [0.1, 0.15) is 0 Å². The average molecular weight is 357 g/mol. The number of nitrogens with zero attached hydrogens (tertiary/aromatic N) is 1. The van der Waals surface area contributed by atoms with Gasteiger partial charge in [0.25, 0.3) is 0 Å². The highest BCUT2D eigenvalue weighted by Gasteiger charge is 2.12. The fourth-order valence-corrected chi connectivity index (χ4v) is 3.35. The molecule has 3 aromatic carbocycles. The van der Waals surface area contributed by atoms with Crippen LogP contribution in [0.2, 0.25) is 5.02 Å². The second-order valence-corrected chi connectivity index (χ2v) is 6.35. The molecule has 21 heavy (non-hydrogen) atoms. The van der Waals surface area contributed by atoms with Crippen molar-refractivity contribution in [1.29, 1.82) is 0 Å². The number of hydrogen-bond acceptors (Lipinski definition) is 0. The van der Waals surface area contributed by atoms with Crippen LogP contribution >= 0.6 is 27.5 Å². The second-order valence-electron chi connectivity index (χ2n) is 4.99. The Kier molecular flexibility index (Phi) is 3.02. The number of hydrogen-bond donors (Lipinski definition) is 0.